The summed E-state index contributed by atoms with van der Waals surface area (Å²) in [6, 6.07) is 37.9. The summed E-state index contributed by atoms with van der Waals surface area (Å²) in [5.41, 5.74) is 10.6. The second kappa shape index (κ2) is 12.7. The molecular weight excluding hydrogens is 554 g/mol. The summed E-state index contributed by atoms with van der Waals surface area (Å²) in [5.74, 6) is 0. The predicted octanol–water partition coefficient (Wildman–Crippen LogP) is 10.0. The number of aryl methyl sites for hydroxylation is 1. The smallest absolute Gasteiger partial charge is 0.145 e. The third-order valence-electron chi connectivity index (χ3n) is 6.81. The maximum Gasteiger partial charge on any atom is 0.145 e. The molecule has 0 bridgehead atoms. The normalized spacial score (nSPS) is 10.7. The van der Waals surface area contributed by atoms with Crippen molar-refractivity contribution in [3.63, 3.8) is 0 Å². The summed E-state index contributed by atoms with van der Waals surface area (Å²) >= 11 is 3.62. The van der Waals surface area contributed by atoms with Crippen molar-refractivity contribution in [1.29, 1.82) is 0 Å². The fraction of sp³-hybridized carbons (Fsp3) is 0.111. The maximum absolute atomic E-state index is 5.12. The highest BCUT2D eigenvalue weighted by molar-refractivity contribution is 9.09. The Labute approximate surface area is 245 Å². The molecule has 0 aliphatic rings. The zero-order chi connectivity index (χ0) is 27.9. The van der Waals surface area contributed by atoms with Crippen LogP contribution >= 0.6 is 15.9 Å². The molecule has 3 heterocycles. The molecule has 0 saturated heterocycles. The third kappa shape index (κ3) is 5.41. The number of hydrogen-bond donors (Lipinski definition) is 0. The zero-order valence-electron chi connectivity index (χ0n) is 22.9. The van der Waals surface area contributed by atoms with E-state index in [4.69, 9.17) is 9.97 Å². The molecule has 6 aromatic rings. The van der Waals surface area contributed by atoms with Crippen LogP contribution in [0.15, 0.2) is 122 Å². The highest BCUT2D eigenvalue weighted by Gasteiger charge is 2.17. The number of halogens is 1. The van der Waals surface area contributed by atoms with Gasteiger partial charge in [0.05, 0.1) is 17.1 Å². The van der Waals surface area contributed by atoms with Crippen molar-refractivity contribution in [2.24, 2.45) is 0 Å². The minimum atomic E-state index is 0.875. The van der Waals surface area contributed by atoms with Gasteiger partial charge in [0, 0.05) is 33.7 Å². The lowest BCUT2D eigenvalue weighted by Gasteiger charge is -2.13. The molecule has 3 aromatic carbocycles. The summed E-state index contributed by atoms with van der Waals surface area (Å²) in [5, 5.41) is 2.03. The van der Waals surface area contributed by atoms with E-state index in [2.05, 4.69) is 118 Å². The van der Waals surface area contributed by atoms with Gasteiger partial charge in [-0.1, -0.05) is 109 Å². The predicted molar refractivity (Wildman–Crippen MR) is 174 cm³/mol. The van der Waals surface area contributed by atoms with Crippen molar-refractivity contribution in [1.82, 2.24) is 14.5 Å². The van der Waals surface area contributed by atoms with Crippen LogP contribution in [-0.2, 0) is 6.42 Å². The van der Waals surface area contributed by atoms with E-state index in [-0.39, 0.29) is 0 Å². The van der Waals surface area contributed by atoms with Crippen molar-refractivity contribution in [2.75, 3.05) is 5.33 Å². The van der Waals surface area contributed by atoms with Crippen LogP contribution in [0, 0.1) is 0 Å². The van der Waals surface area contributed by atoms with E-state index in [0.717, 1.165) is 62.2 Å². The van der Waals surface area contributed by atoms with Gasteiger partial charge in [-0.3, -0.25) is 4.57 Å². The van der Waals surface area contributed by atoms with Crippen molar-refractivity contribution >= 4 is 33.0 Å². The summed E-state index contributed by atoms with van der Waals surface area (Å²) in [7, 11) is 0. The van der Waals surface area contributed by atoms with Crippen LogP contribution in [0.4, 0.5) is 0 Å². The number of pyridine rings is 2. The molecule has 0 unspecified atom stereocenters. The summed E-state index contributed by atoms with van der Waals surface area (Å²) in [4.78, 5) is 9.89. The average molecular weight is 587 g/mol. The largest absolute Gasteiger partial charge is 0.294 e. The molecule has 0 spiro atoms. The lowest BCUT2D eigenvalue weighted by Crippen LogP contribution is -2.00. The first-order valence-corrected chi connectivity index (χ1v) is 14.8. The Hall–Kier alpha value is -4.28. The van der Waals surface area contributed by atoms with Gasteiger partial charge in [-0.25, -0.2) is 9.97 Å². The van der Waals surface area contributed by atoms with Crippen LogP contribution in [0.3, 0.4) is 0 Å². The maximum atomic E-state index is 5.12. The fourth-order valence-electron chi connectivity index (χ4n) is 5.07. The molecule has 40 heavy (non-hydrogen) atoms. The molecule has 6 rings (SSSR count). The van der Waals surface area contributed by atoms with E-state index in [1.165, 1.54) is 11.1 Å². The van der Waals surface area contributed by atoms with E-state index >= 15 is 0 Å². The lowest BCUT2D eigenvalue weighted by molar-refractivity contribution is 1.05. The molecule has 3 aromatic heterocycles. The summed E-state index contributed by atoms with van der Waals surface area (Å²) < 4.78 is 2.21. The number of benzene rings is 3. The monoisotopic (exact) mass is 585 g/mol. The molecule has 0 atom stereocenters. The van der Waals surface area contributed by atoms with Crippen LogP contribution in [0.1, 0.15) is 25.1 Å². The van der Waals surface area contributed by atoms with Crippen LogP contribution in [0.2, 0.25) is 0 Å². The highest BCUT2D eigenvalue weighted by Crippen LogP contribution is 2.34. The van der Waals surface area contributed by atoms with Gasteiger partial charge in [-0.2, -0.15) is 0 Å². The van der Waals surface area contributed by atoms with E-state index in [0.29, 0.717) is 0 Å². The molecule has 0 aliphatic carbocycles. The SMILES string of the molecule is C=Cc1c(CCBr)c2cccnc2n1-c1cccc(-c2cc(-c3ccccc3)cc(-c3ccccc3)n2)c1.CC. The second-order valence-electron chi connectivity index (χ2n) is 9.13. The zero-order valence-corrected chi connectivity index (χ0v) is 24.5. The van der Waals surface area contributed by atoms with E-state index < -0.39 is 0 Å². The molecule has 0 saturated carbocycles. The number of aromatic nitrogens is 3. The molecule has 0 aliphatic heterocycles. The van der Waals surface area contributed by atoms with Crippen molar-refractivity contribution in [3.05, 3.63) is 133 Å². The van der Waals surface area contributed by atoms with Crippen molar-refractivity contribution in [3.8, 4) is 39.3 Å². The van der Waals surface area contributed by atoms with E-state index in [1.54, 1.807) is 0 Å². The Kier molecular flexibility index (Phi) is 8.68. The fourth-order valence-corrected chi connectivity index (χ4v) is 5.46. The topological polar surface area (TPSA) is 30.7 Å². The molecule has 0 fully saturated rings. The Morgan fingerprint density at radius 1 is 0.725 bits per heavy atom. The van der Waals surface area contributed by atoms with Gasteiger partial charge in [0.15, 0.2) is 0 Å². The molecule has 0 amide bonds. The van der Waals surface area contributed by atoms with Crippen molar-refractivity contribution < 1.29 is 0 Å². The van der Waals surface area contributed by atoms with E-state index in [9.17, 15) is 0 Å². The van der Waals surface area contributed by atoms with Crippen LogP contribution in [0.5, 0.6) is 0 Å². The van der Waals surface area contributed by atoms with Gasteiger partial charge in [-0.05, 0) is 65.6 Å². The molecule has 0 radical (unpaired) electrons. The van der Waals surface area contributed by atoms with Gasteiger partial charge in [0.25, 0.3) is 0 Å². The number of hydrogen-bond acceptors (Lipinski definition) is 2. The number of rotatable bonds is 7. The van der Waals surface area contributed by atoms with Gasteiger partial charge in [-0.15, -0.1) is 0 Å². The standard InChI is InChI=1S/C34H26BrN3.C2H6/c1-2-33-29(18-19-35)30-17-10-20-36-34(30)38(33)28-16-9-15-26(21-28)32-23-27(24-11-5-3-6-12-24)22-31(37-32)25-13-7-4-8-14-25;1-2/h2-17,20-23H,1,18-19H2;1-2H3. The molecule has 0 N–H and O–H groups in total. The minimum absolute atomic E-state index is 0.875. The van der Waals surface area contributed by atoms with Gasteiger partial charge in [0.2, 0.25) is 0 Å². The Bertz CT molecular complexity index is 1680. The van der Waals surface area contributed by atoms with Gasteiger partial charge in [0.1, 0.15) is 5.65 Å². The quantitative estimate of drug-likeness (QED) is 0.174. The lowest BCUT2D eigenvalue weighted by atomic mass is 10.00. The Morgan fingerprint density at radius 3 is 2.05 bits per heavy atom. The molecule has 4 heteroatoms. The Morgan fingerprint density at radius 2 is 1.38 bits per heavy atom. The van der Waals surface area contributed by atoms with Crippen LogP contribution < -0.4 is 0 Å². The number of nitrogens with zero attached hydrogens (tertiary/aromatic N) is 3. The Balaban J connectivity index is 0.00000158. The molecular formula is C36H32BrN3. The first kappa shape index (κ1) is 27.3. The number of alkyl halides is 1. The molecule has 3 nitrogen and oxygen atoms in total. The average Bonchev–Trinajstić information content (AvgIpc) is 3.36. The molecule has 198 valence electrons. The number of fused-ring (bicyclic) bond motifs is 1. The summed E-state index contributed by atoms with van der Waals surface area (Å²) in [6.45, 7) is 8.15. The van der Waals surface area contributed by atoms with Crippen LogP contribution in [0.25, 0.3) is 56.4 Å². The summed E-state index contributed by atoms with van der Waals surface area (Å²) in [6.07, 6.45) is 4.69. The first-order valence-electron chi connectivity index (χ1n) is 13.7. The minimum Gasteiger partial charge on any atom is -0.294 e. The first-order chi connectivity index (χ1) is 19.8. The second-order valence-corrected chi connectivity index (χ2v) is 9.92. The van der Waals surface area contributed by atoms with Gasteiger partial charge < -0.3 is 0 Å². The highest BCUT2D eigenvalue weighted by atomic mass is 79.9. The van der Waals surface area contributed by atoms with Gasteiger partial charge >= 0.3 is 0 Å². The third-order valence-corrected chi connectivity index (χ3v) is 7.21. The van der Waals surface area contributed by atoms with E-state index in [1.807, 2.05) is 44.3 Å². The van der Waals surface area contributed by atoms with Crippen LogP contribution in [-0.4, -0.2) is 19.9 Å². The van der Waals surface area contributed by atoms with Crippen molar-refractivity contribution in [2.45, 2.75) is 20.3 Å².